The van der Waals surface area contributed by atoms with Crippen molar-refractivity contribution in [1.29, 1.82) is 0 Å². The number of aromatic amines is 1. The first-order valence-electron chi connectivity index (χ1n) is 9.22. The van der Waals surface area contributed by atoms with Gasteiger partial charge in [-0.1, -0.05) is 30.3 Å². The Hall–Kier alpha value is -4.26. The highest BCUT2D eigenvalue weighted by Crippen LogP contribution is 2.34. The van der Waals surface area contributed by atoms with Crippen molar-refractivity contribution in [3.05, 3.63) is 88.9 Å². The van der Waals surface area contributed by atoms with Gasteiger partial charge >= 0.3 is 0 Å². The zero-order chi connectivity index (χ0) is 20.8. The summed E-state index contributed by atoms with van der Waals surface area (Å²) in [4.78, 5) is 26.9. The van der Waals surface area contributed by atoms with E-state index in [1.165, 1.54) is 18.2 Å². The quantitative estimate of drug-likeness (QED) is 0.399. The molecule has 0 bridgehead atoms. The molecule has 0 radical (unpaired) electrons. The van der Waals surface area contributed by atoms with E-state index in [-0.39, 0.29) is 22.5 Å². The number of carbonyl (C=O) groups excluding carboxylic acids is 2. The van der Waals surface area contributed by atoms with Crippen molar-refractivity contribution in [1.82, 2.24) is 10.2 Å². The highest BCUT2D eigenvalue weighted by molar-refractivity contribution is 6.36. The highest BCUT2D eigenvalue weighted by Gasteiger charge is 2.38. The predicted octanol–water partition coefficient (Wildman–Crippen LogP) is 4.26. The predicted molar refractivity (Wildman–Crippen MR) is 113 cm³/mol. The lowest BCUT2D eigenvalue weighted by atomic mass is 10.1. The third-order valence-electron chi connectivity index (χ3n) is 5.10. The van der Waals surface area contributed by atoms with E-state index in [2.05, 4.69) is 10.2 Å². The number of nitrogens with two attached hydrogens (primary N) is 1. The molecule has 3 aromatic carbocycles. The van der Waals surface area contributed by atoms with Gasteiger partial charge in [-0.3, -0.25) is 14.7 Å². The van der Waals surface area contributed by atoms with Gasteiger partial charge in [0.1, 0.15) is 5.82 Å². The van der Waals surface area contributed by atoms with E-state index in [9.17, 15) is 14.0 Å². The van der Waals surface area contributed by atoms with Crippen LogP contribution < -0.4 is 10.6 Å². The van der Waals surface area contributed by atoms with Crippen molar-refractivity contribution in [2.24, 2.45) is 0 Å². The molecule has 0 aliphatic carbocycles. The van der Waals surface area contributed by atoms with E-state index in [1.54, 1.807) is 30.4 Å². The van der Waals surface area contributed by atoms with E-state index >= 15 is 0 Å². The van der Waals surface area contributed by atoms with Crippen molar-refractivity contribution < 1.29 is 14.0 Å². The first-order chi connectivity index (χ1) is 14.5. The number of aromatic nitrogens is 2. The van der Waals surface area contributed by atoms with Gasteiger partial charge in [0.25, 0.3) is 11.8 Å². The summed E-state index contributed by atoms with van der Waals surface area (Å²) < 4.78 is 14.0. The number of nitrogens with zero attached hydrogens (tertiary/aromatic N) is 2. The molecule has 0 spiro atoms. The van der Waals surface area contributed by atoms with Crippen LogP contribution in [0.3, 0.4) is 0 Å². The van der Waals surface area contributed by atoms with Crippen LogP contribution in [0, 0.1) is 5.82 Å². The second-order valence-electron chi connectivity index (χ2n) is 6.91. The maximum atomic E-state index is 14.0. The fraction of sp³-hybridized carbons (Fsp3) is 0. The summed E-state index contributed by atoms with van der Waals surface area (Å²) in [7, 11) is 0. The maximum absolute atomic E-state index is 14.0. The molecule has 2 amide bonds. The summed E-state index contributed by atoms with van der Waals surface area (Å²) in [5.41, 5.74) is 8.72. The Balaban J connectivity index is 1.59. The van der Waals surface area contributed by atoms with E-state index < -0.39 is 17.6 Å². The van der Waals surface area contributed by atoms with Crippen molar-refractivity contribution >= 4 is 46.2 Å². The molecule has 4 aromatic rings. The summed E-state index contributed by atoms with van der Waals surface area (Å²) in [5.74, 6) is -1.50. The van der Waals surface area contributed by atoms with Gasteiger partial charge < -0.3 is 5.73 Å². The first-order valence-corrected chi connectivity index (χ1v) is 9.22. The largest absolute Gasteiger partial charge is 0.398 e. The number of nitrogen functional groups attached to an aromatic ring is 1. The number of para-hydroxylation sites is 1. The van der Waals surface area contributed by atoms with Crippen LogP contribution in [0.5, 0.6) is 0 Å². The van der Waals surface area contributed by atoms with Gasteiger partial charge in [0.05, 0.1) is 28.0 Å². The molecule has 30 heavy (non-hydrogen) atoms. The van der Waals surface area contributed by atoms with Crippen LogP contribution in [0.1, 0.15) is 32.0 Å². The van der Waals surface area contributed by atoms with Gasteiger partial charge in [-0.2, -0.15) is 5.10 Å². The number of amides is 2. The monoisotopic (exact) mass is 398 g/mol. The smallest absolute Gasteiger partial charge is 0.268 e. The highest BCUT2D eigenvalue weighted by atomic mass is 19.1. The molecule has 7 heteroatoms. The average molecular weight is 398 g/mol. The molecular weight excluding hydrogens is 383 g/mol. The fourth-order valence-corrected chi connectivity index (χ4v) is 3.67. The van der Waals surface area contributed by atoms with Crippen molar-refractivity contribution in [2.75, 3.05) is 10.6 Å². The van der Waals surface area contributed by atoms with Crippen LogP contribution >= 0.6 is 0 Å². The minimum absolute atomic E-state index is 0.167. The number of hydrogen-bond donors (Lipinski definition) is 2. The number of H-pyrrole nitrogens is 1. The van der Waals surface area contributed by atoms with Gasteiger partial charge in [0.15, 0.2) is 0 Å². The number of hydrogen-bond acceptors (Lipinski definition) is 4. The molecule has 0 atom stereocenters. The van der Waals surface area contributed by atoms with E-state index in [4.69, 9.17) is 5.73 Å². The van der Waals surface area contributed by atoms with Crippen LogP contribution in [0.4, 0.5) is 15.8 Å². The first kappa shape index (κ1) is 17.8. The summed E-state index contributed by atoms with van der Waals surface area (Å²) >= 11 is 0. The Morgan fingerprint density at radius 3 is 2.63 bits per heavy atom. The van der Waals surface area contributed by atoms with E-state index in [0.29, 0.717) is 11.3 Å². The van der Waals surface area contributed by atoms with Gasteiger partial charge in [-0.05, 0) is 42.5 Å². The summed E-state index contributed by atoms with van der Waals surface area (Å²) in [6.07, 6.45) is 3.34. The number of anilines is 2. The summed E-state index contributed by atoms with van der Waals surface area (Å²) in [6, 6.07) is 16.2. The average Bonchev–Trinajstić information content (AvgIpc) is 3.27. The SMILES string of the molecule is Nc1cccc2c1C(=O)N(c1ccc(F)cc1/C=C/c1n[nH]c3ccccc13)C2=O. The second kappa shape index (κ2) is 6.66. The van der Waals surface area contributed by atoms with E-state index in [1.807, 2.05) is 24.3 Å². The van der Waals surface area contributed by atoms with Crippen LogP contribution in [0.2, 0.25) is 0 Å². The molecule has 2 heterocycles. The van der Waals surface area contributed by atoms with E-state index in [0.717, 1.165) is 15.8 Å². The minimum Gasteiger partial charge on any atom is -0.398 e. The van der Waals surface area contributed by atoms with Crippen molar-refractivity contribution in [3.63, 3.8) is 0 Å². The standard InChI is InChI=1S/C23H15FN4O2/c24-14-9-11-20(28-22(29)16-5-3-6-17(25)21(16)23(28)30)13(12-14)8-10-19-15-4-1-2-7-18(15)26-27-19/h1-12H,25H2,(H,26,27)/b10-8+. The van der Waals surface area contributed by atoms with Gasteiger partial charge in [0.2, 0.25) is 0 Å². The number of halogens is 1. The lowest BCUT2D eigenvalue weighted by Crippen LogP contribution is -2.30. The molecule has 0 fully saturated rings. The molecule has 3 N–H and O–H groups in total. The third-order valence-corrected chi connectivity index (χ3v) is 5.10. The van der Waals surface area contributed by atoms with Crippen LogP contribution in [0.15, 0.2) is 60.7 Å². The third kappa shape index (κ3) is 2.68. The Bertz CT molecular complexity index is 1370. The number of imide groups is 1. The fourth-order valence-electron chi connectivity index (χ4n) is 3.67. The topological polar surface area (TPSA) is 92.1 Å². The number of nitrogens with one attached hydrogen (secondary N) is 1. The van der Waals surface area contributed by atoms with Crippen LogP contribution in [-0.2, 0) is 0 Å². The maximum Gasteiger partial charge on any atom is 0.268 e. The molecule has 146 valence electrons. The molecule has 0 saturated heterocycles. The molecule has 1 aliphatic rings. The Morgan fingerprint density at radius 1 is 0.967 bits per heavy atom. The summed E-state index contributed by atoms with van der Waals surface area (Å²) in [6.45, 7) is 0. The zero-order valence-corrected chi connectivity index (χ0v) is 15.6. The molecule has 6 nitrogen and oxygen atoms in total. The second-order valence-corrected chi connectivity index (χ2v) is 6.91. The molecule has 0 saturated carbocycles. The number of fused-ring (bicyclic) bond motifs is 2. The van der Waals surface area contributed by atoms with Crippen molar-refractivity contribution in [2.45, 2.75) is 0 Å². The van der Waals surface area contributed by atoms with Gasteiger partial charge in [0, 0.05) is 16.6 Å². The zero-order valence-electron chi connectivity index (χ0n) is 15.6. The molecule has 5 rings (SSSR count). The van der Waals surface area contributed by atoms with Gasteiger partial charge in [-0.25, -0.2) is 9.29 Å². The molecule has 0 unspecified atom stereocenters. The van der Waals surface area contributed by atoms with Gasteiger partial charge in [-0.15, -0.1) is 0 Å². The Labute approximate surface area is 170 Å². The minimum atomic E-state index is -0.528. The molecular formula is C23H15FN4O2. The van der Waals surface area contributed by atoms with Crippen LogP contribution in [-0.4, -0.2) is 22.0 Å². The molecule has 1 aromatic heterocycles. The van der Waals surface area contributed by atoms with Crippen LogP contribution in [0.25, 0.3) is 23.1 Å². The Kier molecular flexibility index (Phi) is 3.96. The lowest BCUT2D eigenvalue weighted by Gasteiger charge is -2.17. The van der Waals surface area contributed by atoms with Crippen molar-refractivity contribution in [3.8, 4) is 0 Å². The lowest BCUT2D eigenvalue weighted by molar-refractivity contribution is 0.0926. The number of rotatable bonds is 3. The number of benzene rings is 3. The Morgan fingerprint density at radius 2 is 1.80 bits per heavy atom. The molecule has 1 aliphatic heterocycles. The number of carbonyl (C=O) groups is 2. The normalized spacial score (nSPS) is 13.6. The summed E-state index contributed by atoms with van der Waals surface area (Å²) in [5, 5.41) is 8.10.